The molecule has 1 N–H and O–H groups in total. The lowest BCUT2D eigenvalue weighted by molar-refractivity contribution is -0.127. The quantitative estimate of drug-likeness (QED) is 0.781. The highest BCUT2D eigenvalue weighted by Gasteiger charge is 2.38. The summed E-state index contributed by atoms with van der Waals surface area (Å²) in [6, 6.07) is 14.3. The smallest absolute Gasteiger partial charge is 0.243 e. The van der Waals surface area contributed by atoms with E-state index in [4.69, 9.17) is 4.74 Å². The molecule has 0 saturated carbocycles. The number of fused-ring (bicyclic) bond motifs is 1. The Morgan fingerprint density at radius 2 is 1.90 bits per heavy atom. The Hall–Kier alpha value is -2.38. The van der Waals surface area contributed by atoms with Crippen LogP contribution >= 0.6 is 0 Å². The third-order valence-electron chi connectivity index (χ3n) is 6.08. The number of ether oxygens (including phenoxy) is 1. The van der Waals surface area contributed by atoms with Gasteiger partial charge in [0.25, 0.3) is 0 Å². The summed E-state index contributed by atoms with van der Waals surface area (Å²) in [7, 11) is -3.60. The normalized spacial score (nSPS) is 23.5. The Morgan fingerprint density at radius 1 is 1.16 bits per heavy atom. The number of nitrogens with one attached hydrogen (secondary N) is 1. The monoisotopic (exact) mass is 442 g/mol. The van der Waals surface area contributed by atoms with Crippen LogP contribution in [0.2, 0.25) is 0 Å². The summed E-state index contributed by atoms with van der Waals surface area (Å²) in [5, 5.41) is 3.20. The summed E-state index contributed by atoms with van der Waals surface area (Å²) < 4.78 is 33.6. The zero-order valence-electron chi connectivity index (χ0n) is 18.3. The molecular weight excluding hydrogens is 412 g/mol. The first-order valence-corrected chi connectivity index (χ1v) is 12.2. The van der Waals surface area contributed by atoms with Crippen LogP contribution < -0.4 is 10.1 Å². The lowest BCUT2D eigenvalue weighted by atomic mass is 9.88. The predicted octanol–water partition coefficient (Wildman–Crippen LogP) is 3.81. The second-order valence-corrected chi connectivity index (χ2v) is 11.1. The highest BCUT2D eigenvalue weighted by atomic mass is 32.2. The van der Waals surface area contributed by atoms with Crippen molar-refractivity contribution in [3.8, 4) is 5.75 Å². The van der Waals surface area contributed by atoms with E-state index in [1.165, 1.54) is 4.31 Å². The first kappa shape index (κ1) is 21.8. The summed E-state index contributed by atoms with van der Waals surface area (Å²) >= 11 is 0. The molecule has 6 nitrogen and oxygen atoms in total. The van der Waals surface area contributed by atoms with Gasteiger partial charge in [-0.2, -0.15) is 4.31 Å². The number of aryl methyl sites for hydroxylation is 1. The Balaban J connectivity index is 1.51. The van der Waals surface area contributed by atoms with Crippen molar-refractivity contribution in [3.05, 3.63) is 59.7 Å². The van der Waals surface area contributed by atoms with E-state index in [1.807, 2.05) is 32.9 Å². The summed E-state index contributed by atoms with van der Waals surface area (Å²) in [5.41, 5.74) is 1.70. The van der Waals surface area contributed by atoms with Gasteiger partial charge in [0.2, 0.25) is 15.9 Å². The minimum absolute atomic E-state index is 0.0943. The van der Waals surface area contributed by atoms with Gasteiger partial charge in [0.1, 0.15) is 11.4 Å². The van der Waals surface area contributed by atoms with E-state index in [1.54, 1.807) is 30.3 Å². The molecule has 1 amide bonds. The maximum atomic E-state index is 13.2. The third-order valence-corrected chi connectivity index (χ3v) is 7.95. The molecule has 0 spiro atoms. The Kier molecular flexibility index (Phi) is 5.83. The number of piperidine rings is 1. The van der Waals surface area contributed by atoms with Crippen LogP contribution in [0.15, 0.2) is 53.4 Å². The molecule has 2 aromatic carbocycles. The largest absolute Gasteiger partial charge is 0.487 e. The van der Waals surface area contributed by atoms with Gasteiger partial charge in [-0.15, -0.1) is 0 Å². The molecule has 0 aliphatic carbocycles. The van der Waals surface area contributed by atoms with Crippen LogP contribution in [0.4, 0.5) is 0 Å². The van der Waals surface area contributed by atoms with Crippen molar-refractivity contribution < 1.29 is 17.9 Å². The van der Waals surface area contributed by atoms with Crippen LogP contribution in [0.1, 0.15) is 50.3 Å². The molecule has 0 radical (unpaired) electrons. The molecule has 2 aromatic rings. The van der Waals surface area contributed by atoms with Crippen molar-refractivity contribution in [2.45, 2.75) is 56.6 Å². The zero-order valence-corrected chi connectivity index (χ0v) is 19.1. The van der Waals surface area contributed by atoms with Gasteiger partial charge in [-0.25, -0.2) is 8.42 Å². The summed E-state index contributed by atoms with van der Waals surface area (Å²) in [6.07, 6.45) is 2.01. The fourth-order valence-corrected chi connectivity index (χ4v) is 6.05. The summed E-state index contributed by atoms with van der Waals surface area (Å²) in [6.45, 7) is 6.70. The molecule has 2 heterocycles. The molecule has 7 heteroatoms. The molecule has 2 aliphatic heterocycles. The molecule has 0 aromatic heterocycles. The van der Waals surface area contributed by atoms with E-state index in [0.29, 0.717) is 25.8 Å². The van der Waals surface area contributed by atoms with E-state index in [9.17, 15) is 13.2 Å². The van der Waals surface area contributed by atoms with Crippen molar-refractivity contribution in [3.63, 3.8) is 0 Å². The molecule has 1 fully saturated rings. The van der Waals surface area contributed by atoms with Crippen molar-refractivity contribution in [1.82, 2.24) is 9.62 Å². The summed E-state index contributed by atoms with van der Waals surface area (Å²) in [4.78, 5) is 13.5. The van der Waals surface area contributed by atoms with E-state index < -0.39 is 15.6 Å². The minimum atomic E-state index is -3.60. The maximum Gasteiger partial charge on any atom is 0.243 e. The molecule has 2 atom stereocenters. The van der Waals surface area contributed by atoms with E-state index in [-0.39, 0.29) is 29.3 Å². The van der Waals surface area contributed by atoms with E-state index in [2.05, 4.69) is 11.4 Å². The highest BCUT2D eigenvalue weighted by Crippen LogP contribution is 2.40. The topological polar surface area (TPSA) is 75.7 Å². The SMILES string of the molecule is Cc1ccc2c(c1)[C@@H](NC(=O)[C@H]1CCCN(S(=O)(=O)c3ccccc3)C1)CC(C)(C)O2. The maximum absolute atomic E-state index is 13.2. The fourth-order valence-electron chi connectivity index (χ4n) is 4.51. The number of hydrogen-bond donors (Lipinski definition) is 1. The fraction of sp³-hybridized carbons (Fsp3) is 0.458. The number of carbonyl (C=O) groups is 1. The van der Waals surface area contributed by atoms with Crippen molar-refractivity contribution in [2.75, 3.05) is 13.1 Å². The lowest BCUT2D eigenvalue weighted by Crippen LogP contribution is -2.48. The second kappa shape index (κ2) is 8.28. The Bertz CT molecular complexity index is 1070. The average molecular weight is 443 g/mol. The van der Waals surface area contributed by atoms with Crippen molar-refractivity contribution in [2.24, 2.45) is 5.92 Å². The van der Waals surface area contributed by atoms with Crippen LogP contribution in [-0.2, 0) is 14.8 Å². The summed E-state index contributed by atoms with van der Waals surface area (Å²) in [5.74, 6) is 0.332. The number of amides is 1. The molecule has 1 saturated heterocycles. The molecular formula is C24H30N2O4S. The van der Waals surface area contributed by atoms with E-state index in [0.717, 1.165) is 16.9 Å². The first-order valence-electron chi connectivity index (χ1n) is 10.8. The van der Waals surface area contributed by atoms with Gasteiger partial charge in [0.05, 0.1) is 16.9 Å². The third kappa shape index (κ3) is 4.62. The molecule has 0 unspecified atom stereocenters. The molecule has 0 bridgehead atoms. The predicted molar refractivity (Wildman–Crippen MR) is 119 cm³/mol. The Labute approximate surface area is 184 Å². The number of nitrogens with zero attached hydrogens (tertiary/aromatic N) is 1. The van der Waals surface area contributed by atoms with Gasteiger partial charge in [-0.05, 0) is 51.8 Å². The molecule has 2 aliphatic rings. The molecule has 166 valence electrons. The minimum Gasteiger partial charge on any atom is -0.487 e. The Morgan fingerprint density at radius 3 is 2.65 bits per heavy atom. The number of hydrogen-bond acceptors (Lipinski definition) is 4. The van der Waals surface area contributed by atoms with Gasteiger partial charge in [-0.3, -0.25) is 4.79 Å². The van der Waals surface area contributed by atoms with Crippen LogP contribution in [0.5, 0.6) is 5.75 Å². The number of rotatable bonds is 4. The van der Waals surface area contributed by atoms with Gasteiger partial charge in [-0.1, -0.05) is 35.9 Å². The highest BCUT2D eigenvalue weighted by molar-refractivity contribution is 7.89. The molecule has 4 rings (SSSR count). The van der Waals surface area contributed by atoms with E-state index >= 15 is 0 Å². The number of benzene rings is 2. The second-order valence-electron chi connectivity index (χ2n) is 9.18. The number of carbonyl (C=O) groups excluding carboxylic acids is 1. The van der Waals surface area contributed by atoms with Gasteiger partial charge < -0.3 is 10.1 Å². The van der Waals surface area contributed by atoms with Crippen LogP contribution in [-0.4, -0.2) is 37.3 Å². The lowest BCUT2D eigenvalue weighted by Gasteiger charge is -2.39. The average Bonchev–Trinajstić information content (AvgIpc) is 2.74. The van der Waals surface area contributed by atoms with Gasteiger partial charge in [0, 0.05) is 25.1 Å². The van der Waals surface area contributed by atoms with Gasteiger partial charge >= 0.3 is 0 Å². The van der Waals surface area contributed by atoms with Crippen LogP contribution in [0, 0.1) is 12.8 Å². The van der Waals surface area contributed by atoms with Crippen LogP contribution in [0.25, 0.3) is 0 Å². The standard InChI is InChI=1S/C24H30N2O4S/c1-17-11-12-22-20(14-17)21(15-24(2,3)30-22)25-23(27)18-8-7-13-26(16-18)31(28,29)19-9-5-4-6-10-19/h4-6,9-12,14,18,21H,7-8,13,15-16H2,1-3H3,(H,25,27)/t18-,21-/m0/s1. The molecule has 31 heavy (non-hydrogen) atoms. The van der Waals surface area contributed by atoms with Crippen molar-refractivity contribution in [1.29, 1.82) is 0 Å². The number of sulfonamides is 1. The van der Waals surface area contributed by atoms with Crippen LogP contribution in [0.3, 0.4) is 0 Å². The first-order chi connectivity index (χ1) is 14.7. The van der Waals surface area contributed by atoms with Crippen molar-refractivity contribution >= 4 is 15.9 Å². The zero-order chi connectivity index (χ0) is 22.2. The van der Waals surface area contributed by atoms with Gasteiger partial charge in [0.15, 0.2) is 0 Å².